The highest BCUT2D eigenvalue weighted by molar-refractivity contribution is 5.80. The molecule has 22 heavy (non-hydrogen) atoms. The Balaban J connectivity index is 1.64. The van der Waals surface area contributed by atoms with E-state index >= 15 is 0 Å². The molecule has 0 bridgehead atoms. The molecule has 1 N–H and O–H groups in total. The number of carbonyl (C=O) groups is 1. The first-order valence-corrected chi connectivity index (χ1v) is 7.29. The minimum atomic E-state index is -0.222. The van der Waals surface area contributed by atoms with Gasteiger partial charge in [-0.25, -0.2) is 4.98 Å². The molecule has 0 aliphatic carbocycles. The van der Waals surface area contributed by atoms with Crippen LogP contribution in [0.15, 0.2) is 29.2 Å². The third-order valence-corrected chi connectivity index (χ3v) is 4.01. The van der Waals surface area contributed by atoms with Crippen LogP contribution in [0.1, 0.15) is 28.7 Å². The number of hydrogen-bond acceptors (Lipinski definition) is 4. The fourth-order valence-corrected chi connectivity index (χ4v) is 2.71. The molecule has 0 unspecified atom stereocenters. The number of hydrogen-bond donors (Lipinski definition) is 1. The third kappa shape index (κ3) is 2.77. The summed E-state index contributed by atoms with van der Waals surface area (Å²) in [5, 5.41) is 0. The molecule has 1 saturated heterocycles. The molecule has 1 aliphatic heterocycles. The second-order valence-electron chi connectivity index (χ2n) is 5.64. The van der Waals surface area contributed by atoms with Gasteiger partial charge in [0, 0.05) is 42.2 Å². The average Bonchev–Trinajstić information content (AvgIpc) is 2.42. The van der Waals surface area contributed by atoms with Gasteiger partial charge in [-0.1, -0.05) is 6.07 Å². The van der Waals surface area contributed by atoms with Crippen LogP contribution < -0.4 is 5.56 Å². The van der Waals surface area contributed by atoms with Crippen molar-refractivity contribution in [2.75, 3.05) is 13.1 Å². The summed E-state index contributed by atoms with van der Waals surface area (Å²) in [6.07, 6.45) is 1.87. The highest BCUT2D eigenvalue weighted by atomic mass is 16.2. The number of pyridine rings is 1. The summed E-state index contributed by atoms with van der Waals surface area (Å²) in [5.74, 6) is 0.824. The van der Waals surface area contributed by atoms with Crippen LogP contribution >= 0.6 is 0 Å². The van der Waals surface area contributed by atoms with E-state index in [4.69, 9.17) is 0 Å². The van der Waals surface area contributed by atoms with Gasteiger partial charge in [-0.3, -0.25) is 14.6 Å². The summed E-state index contributed by atoms with van der Waals surface area (Å²) in [6.45, 7) is 4.81. The predicted octanol–water partition coefficient (Wildman–Crippen LogP) is 0.950. The number of aromatic nitrogens is 3. The van der Waals surface area contributed by atoms with Crippen LogP contribution in [0, 0.1) is 13.8 Å². The van der Waals surface area contributed by atoms with E-state index in [1.807, 2.05) is 18.2 Å². The Morgan fingerprint density at radius 1 is 1.36 bits per heavy atom. The Labute approximate surface area is 128 Å². The summed E-state index contributed by atoms with van der Waals surface area (Å²) < 4.78 is 0. The van der Waals surface area contributed by atoms with Gasteiger partial charge in [0.2, 0.25) is 5.91 Å². The lowest BCUT2D eigenvalue weighted by molar-refractivity contribution is -0.134. The molecule has 0 saturated carbocycles. The molecule has 3 rings (SSSR count). The highest BCUT2D eigenvalue weighted by Crippen LogP contribution is 2.25. The smallest absolute Gasteiger partial charge is 0.254 e. The minimum absolute atomic E-state index is 0.0357. The lowest BCUT2D eigenvalue weighted by Gasteiger charge is -2.39. The van der Waals surface area contributed by atoms with Gasteiger partial charge in [0.15, 0.2) is 0 Å². The standard InChI is InChI=1S/C16H18N4O2/c1-10-13(16(22)19-11(2)18-10)7-15(21)20-8-12(9-20)14-5-3-4-6-17-14/h3-6,12H,7-9H2,1-2H3,(H,18,19,22). The van der Waals surface area contributed by atoms with E-state index in [9.17, 15) is 9.59 Å². The summed E-state index contributed by atoms with van der Waals surface area (Å²) in [7, 11) is 0. The second-order valence-corrected chi connectivity index (χ2v) is 5.64. The molecule has 6 heteroatoms. The van der Waals surface area contributed by atoms with E-state index in [0.29, 0.717) is 36.1 Å². The van der Waals surface area contributed by atoms with Crippen molar-refractivity contribution in [1.82, 2.24) is 19.9 Å². The normalized spacial score (nSPS) is 14.7. The number of aromatic amines is 1. The molecule has 0 spiro atoms. The Morgan fingerprint density at radius 3 is 2.77 bits per heavy atom. The number of rotatable bonds is 3. The van der Waals surface area contributed by atoms with Gasteiger partial charge < -0.3 is 9.88 Å². The van der Waals surface area contributed by atoms with Crippen LogP contribution in [0.3, 0.4) is 0 Å². The van der Waals surface area contributed by atoms with Crippen LogP contribution in [0.4, 0.5) is 0 Å². The zero-order valence-electron chi connectivity index (χ0n) is 12.7. The number of nitrogens with one attached hydrogen (secondary N) is 1. The molecule has 0 aromatic carbocycles. The van der Waals surface area contributed by atoms with Gasteiger partial charge in [0.25, 0.3) is 5.56 Å². The maximum atomic E-state index is 12.3. The number of carbonyl (C=O) groups excluding carboxylic acids is 1. The van der Waals surface area contributed by atoms with E-state index in [1.54, 1.807) is 24.9 Å². The van der Waals surface area contributed by atoms with Gasteiger partial charge in [-0.05, 0) is 26.0 Å². The molecule has 0 atom stereocenters. The molecular weight excluding hydrogens is 280 g/mol. The first kappa shape index (κ1) is 14.4. The van der Waals surface area contributed by atoms with E-state index < -0.39 is 0 Å². The molecule has 2 aromatic heterocycles. The van der Waals surface area contributed by atoms with Crippen LogP contribution in [0.2, 0.25) is 0 Å². The number of H-pyrrole nitrogens is 1. The van der Waals surface area contributed by atoms with Crippen molar-refractivity contribution in [3.8, 4) is 0 Å². The molecular formula is C16H18N4O2. The molecule has 1 aliphatic rings. The predicted molar refractivity (Wildman–Crippen MR) is 81.6 cm³/mol. The summed E-state index contributed by atoms with van der Waals surface area (Å²) in [5.41, 5.74) is 1.87. The zero-order valence-corrected chi connectivity index (χ0v) is 12.7. The van der Waals surface area contributed by atoms with Crippen molar-refractivity contribution in [2.45, 2.75) is 26.2 Å². The lowest BCUT2D eigenvalue weighted by Crippen LogP contribution is -2.49. The first-order valence-electron chi connectivity index (χ1n) is 7.29. The summed E-state index contributed by atoms with van der Waals surface area (Å²) in [4.78, 5) is 37.2. The van der Waals surface area contributed by atoms with Crippen molar-refractivity contribution < 1.29 is 4.79 Å². The molecule has 6 nitrogen and oxygen atoms in total. The van der Waals surface area contributed by atoms with Crippen molar-refractivity contribution in [3.63, 3.8) is 0 Å². The van der Waals surface area contributed by atoms with Crippen LogP contribution in [0.5, 0.6) is 0 Å². The average molecular weight is 298 g/mol. The van der Waals surface area contributed by atoms with Crippen molar-refractivity contribution in [2.24, 2.45) is 0 Å². The maximum absolute atomic E-state index is 12.3. The van der Waals surface area contributed by atoms with Crippen LogP contribution in [-0.4, -0.2) is 38.8 Å². The van der Waals surface area contributed by atoms with E-state index in [-0.39, 0.29) is 17.9 Å². The fraction of sp³-hybridized carbons (Fsp3) is 0.375. The Kier molecular flexibility index (Phi) is 3.75. The van der Waals surface area contributed by atoms with Gasteiger partial charge in [-0.2, -0.15) is 0 Å². The quantitative estimate of drug-likeness (QED) is 0.915. The molecule has 2 aromatic rings. The molecule has 3 heterocycles. The van der Waals surface area contributed by atoms with E-state index in [0.717, 1.165) is 5.69 Å². The number of nitrogens with zero attached hydrogens (tertiary/aromatic N) is 3. The summed E-state index contributed by atoms with van der Waals surface area (Å²) >= 11 is 0. The van der Waals surface area contributed by atoms with E-state index in [2.05, 4.69) is 15.0 Å². The van der Waals surface area contributed by atoms with Crippen molar-refractivity contribution in [1.29, 1.82) is 0 Å². The number of likely N-dealkylation sites (tertiary alicyclic amines) is 1. The number of amides is 1. The Hall–Kier alpha value is -2.50. The molecule has 114 valence electrons. The number of aryl methyl sites for hydroxylation is 2. The largest absolute Gasteiger partial charge is 0.341 e. The minimum Gasteiger partial charge on any atom is -0.341 e. The molecule has 1 fully saturated rings. The highest BCUT2D eigenvalue weighted by Gasteiger charge is 2.32. The van der Waals surface area contributed by atoms with Gasteiger partial charge in [0.1, 0.15) is 5.82 Å². The van der Waals surface area contributed by atoms with Crippen molar-refractivity contribution >= 4 is 5.91 Å². The van der Waals surface area contributed by atoms with Gasteiger partial charge >= 0.3 is 0 Å². The second kappa shape index (κ2) is 5.71. The van der Waals surface area contributed by atoms with Crippen molar-refractivity contribution in [3.05, 3.63) is 57.5 Å². The Morgan fingerprint density at radius 2 is 2.14 bits per heavy atom. The maximum Gasteiger partial charge on any atom is 0.254 e. The van der Waals surface area contributed by atoms with Gasteiger partial charge in [0.05, 0.1) is 6.42 Å². The zero-order chi connectivity index (χ0) is 15.7. The van der Waals surface area contributed by atoms with Crippen LogP contribution in [0.25, 0.3) is 0 Å². The molecule has 0 radical (unpaired) electrons. The lowest BCUT2D eigenvalue weighted by atomic mass is 9.95. The topological polar surface area (TPSA) is 79.0 Å². The van der Waals surface area contributed by atoms with Gasteiger partial charge in [-0.15, -0.1) is 0 Å². The first-order chi connectivity index (χ1) is 10.5. The molecule has 1 amide bonds. The van der Waals surface area contributed by atoms with E-state index in [1.165, 1.54) is 0 Å². The van der Waals surface area contributed by atoms with Crippen LogP contribution in [-0.2, 0) is 11.2 Å². The summed E-state index contributed by atoms with van der Waals surface area (Å²) in [6, 6.07) is 5.81. The Bertz CT molecular complexity index is 748. The fourth-order valence-electron chi connectivity index (χ4n) is 2.71. The monoisotopic (exact) mass is 298 g/mol. The SMILES string of the molecule is Cc1nc(C)c(CC(=O)N2CC(c3ccccn3)C2)c(=O)[nH]1. The third-order valence-electron chi connectivity index (χ3n) is 4.01.